The van der Waals surface area contributed by atoms with Crippen molar-refractivity contribution in [3.05, 3.63) is 90.3 Å². The summed E-state index contributed by atoms with van der Waals surface area (Å²) in [6.07, 6.45) is 0.840. The molecule has 0 saturated heterocycles. The van der Waals surface area contributed by atoms with Gasteiger partial charge in [0.1, 0.15) is 11.4 Å². The molecule has 3 aromatic heterocycles. The summed E-state index contributed by atoms with van der Waals surface area (Å²) in [6.45, 7) is 0.0925. The minimum atomic E-state index is -3.99. The molecule has 5 rings (SSSR count). The number of carbonyl (C=O) groups is 1. The molecular formula is C24H19ClN4O6S2. The molecular weight excluding hydrogens is 540 g/mol. The molecule has 0 aliphatic heterocycles. The highest BCUT2D eigenvalue weighted by atomic mass is 35.5. The molecule has 3 heterocycles. The number of rotatable bonds is 6. The molecule has 0 fully saturated rings. The van der Waals surface area contributed by atoms with E-state index in [1.165, 1.54) is 24.5 Å². The van der Waals surface area contributed by atoms with E-state index in [2.05, 4.69) is 4.98 Å². The van der Waals surface area contributed by atoms with Crippen LogP contribution >= 0.6 is 22.9 Å². The number of nitrogens with zero attached hydrogens (tertiary/aromatic N) is 2. The number of amides is 1. The van der Waals surface area contributed by atoms with Crippen molar-refractivity contribution in [3.63, 3.8) is 0 Å². The van der Waals surface area contributed by atoms with Crippen molar-refractivity contribution in [1.82, 2.24) is 18.8 Å². The lowest BCUT2D eigenvalue weighted by Gasteiger charge is -2.13. The van der Waals surface area contributed by atoms with Crippen LogP contribution in [0.4, 0.5) is 0 Å². The molecule has 37 heavy (non-hydrogen) atoms. The summed E-state index contributed by atoms with van der Waals surface area (Å²) in [7, 11) is -2.47. The number of fused-ring (bicyclic) bond motifs is 2. The van der Waals surface area contributed by atoms with Gasteiger partial charge in [-0.3, -0.25) is 9.59 Å². The van der Waals surface area contributed by atoms with Gasteiger partial charge in [-0.15, -0.1) is 11.3 Å². The largest absolute Gasteiger partial charge is 0.497 e. The maximum Gasteiger partial charge on any atom is 0.333 e. The number of ether oxygens (including phenoxy) is 1. The quantitative estimate of drug-likeness (QED) is 0.329. The number of H-pyrrole nitrogens is 1. The Morgan fingerprint density at radius 3 is 2.65 bits per heavy atom. The van der Waals surface area contributed by atoms with Crippen molar-refractivity contribution in [1.29, 1.82) is 0 Å². The van der Waals surface area contributed by atoms with Crippen LogP contribution in [-0.2, 0) is 16.6 Å². The standard InChI is InChI=1S/C24H19ClN4O6S2/c1-35-15-5-3-4-13(8-15)10-28-19-7-6-14(25)9-16(19)20(21(28)22(30)27-37(2,33)34)29-23(31)17-11-36-12-18(17)26-24(29)32/h3-9,11-12H,10H2,1-2H3,(H,26,32)(H,27,30). The Labute approximate surface area is 218 Å². The van der Waals surface area contributed by atoms with Crippen LogP contribution in [-0.4, -0.2) is 41.8 Å². The molecule has 0 atom stereocenters. The topological polar surface area (TPSA) is 132 Å². The summed E-state index contributed by atoms with van der Waals surface area (Å²) in [5, 5.41) is 4.07. The summed E-state index contributed by atoms with van der Waals surface area (Å²) in [4.78, 5) is 42.8. The highest BCUT2D eigenvalue weighted by molar-refractivity contribution is 7.89. The Morgan fingerprint density at radius 1 is 1.14 bits per heavy atom. The molecule has 0 radical (unpaired) electrons. The zero-order valence-corrected chi connectivity index (χ0v) is 21.8. The van der Waals surface area contributed by atoms with Gasteiger partial charge in [0.05, 0.1) is 35.5 Å². The van der Waals surface area contributed by atoms with Crippen molar-refractivity contribution >= 4 is 60.7 Å². The van der Waals surface area contributed by atoms with Crippen LogP contribution in [0.25, 0.3) is 27.5 Å². The Bertz CT molecular complexity index is 1930. The smallest absolute Gasteiger partial charge is 0.333 e. The average molecular weight is 559 g/mol. The normalized spacial score (nSPS) is 11.8. The number of benzene rings is 2. The molecule has 2 aromatic carbocycles. The van der Waals surface area contributed by atoms with Crippen LogP contribution < -0.4 is 20.7 Å². The number of methoxy groups -OCH3 is 1. The fraction of sp³-hybridized carbons (Fsp3) is 0.125. The Kier molecular flexibility index (Phi) is 6.18. The number of halogens is 1. The van der Waals surface area contributed by atoms with Crippen LogP contribution in [0.2, 0.25) is 5.02 Å². The molecule has 190 valence electrons. The predicted molar refractivity (Wildman–Crippen MR) is 143 cm³/mol. The van der Waals surface area contributed by atoms with E-state index in [0.717, 1.165) is 16.4 Å². The number of aromatic amines is 1. The molecule has 5 aromatic rings. The molecule has 0 unspecified atom stereocenters. The van der Waals surface area contributed by atoms with Crippen molar-refractivity contribution in [2.45, 2.75) is 6.54 Å². The number of hydrogen-bond donors (Lipinski definition) is 2. The number of hydrogen-bond acceptors (Lipinski definition) is 7. The third-order valence-electron chi connectivity index (χ3n) is 5.73. The van der Waals surface area contributed by atoms with Crippen molar-refractivity contribution in [2.24, 2.45) is 0 Å². The zero-order chi connectivity index (χ0) is 26.5. The maximum absolute atomic E-state index is 13.5. The van der Waals surface area contributed by atoms with Crippen LogP contribution in [0.5, 0.6) is 5.75 Å². The van der Waals surface area contributed by atoms with Crippen molar-refractivity contribution in [3.8, 4) is 11.4 Å². The molecule has 0 aliphatic carbocycles. The third-order valence-corrected chi connectivity index (χ3v) is 7.27. The number of nitrogens with one attached hydrogen (secondary N) is 2. The monoisotopic (exact) mass is 558 g/mol. The molecule has 0 aliphatic rings. The van der Waals surface area contributed by atoms with E-state index in [1.54, 1.807) is 51.7 Å². The molecule has 13 heteroatoms. The third kappa shape index (κ3) is 4.54. The van der Waals surface area contributed by atoms with Gasteiger partial charge in [0.15, 0.2) is 0 Å². The van der Waals surface area contributed by atoms with Gasteiger partial charge in [0, 0.05) is 27.7 Å². The van der Waals surface area contributed by atoms with Crippen LogP contribution in [0, 0.1) is 0 Å². The molecule has 0 spiro atoms. The zero-order valence-electron chi connectivity index (χ0n) is 19.4. The molecule has 10 nitrogen and oxygen atoms in total. The summed E-state index contributed by atoms with van der Waals surface area (Å²) < 4.78 is 33.7. The minimum Gasteiger partial charge on any atom is -0.497 e. The van der Waals surface area contributed by atoms with Gasteiger partial charge in [0.25, 0.3) is 11.5 Å². The second-order valence-corrected chi connectivity index (χ2v) is 11.2. The van der Waals surface area contributed by atoms with Gasteiger partial charge >= 0.3 is 5.69 Å². The summed E-state index contributed by atoms with van der Waals surface area (Å²) in [6, 6.07) is 11.9. The lowest BCUT2D eigenvalue weighted by molar-refractivity contribution is 0.0973. The van der Waals surface area contributed by atoms with Crippen LogP contribution in [0.15, 0.2) is 62.8 Å². The molecule has 1 amide bonds. The van der Waals surface area contributed by atoms with Gasteiger partial charge in [-0.25, -0.2) is 22.5 Å². The highest BCUT2D eigenvalue weighted by Crippen LogP contribution is 2.32. The van der Waals surface area contributed by atoms with Gasteiger partial charge in [-0.2, -0.15) is 0 Å². The molecule has 0 bridgehead atoms. The fourth-order valence-electron chi connectivity index (χ4n) is 4.25. The second-order valence-electron chi connectivity index (χ2n) is 8.27. The number of carbonyl (C=O) groups excluding carboxylic acids is 1. The fourth-order valence-corrected chi connectivity index (χ4v) is 5.61. The van der Waals surface area contributed by atoms with Gasteiger partial charge in [-0.1, -0.05) is 23.7 Å². The van der Waals surface area contributed by atoms with E-state index >= 15 is 0 Å². The molecule has 2 N–H and O–H groups in total. The predicted octanol–water partition coefficient (Wildman–Crippen LogP) is 3.09. The second kappa shape index (κ2) is 9.21. The first-order valence-electron chi connectivity index (χ1n) is 10.8. The Morgan fingerprint density at radius 2 is 1.92 bits per heavy atom. The number of sulfonamides is 1. The van der Waals surface area contributed by atoms with E-state index in [-0.39, 0.29) is 23.3 Å². The lowest BCUT2D eigenvalue weighted by Crippen LogP contribution is -2.37. The minimum absolute atomic E-state index is 0.0825. The SMILES string of the molecule is COc1cccc(Cn2c(C(=O)NS(C)(=O)=O)c(-n3c(=O)[nH]c4cscc4c3=O)c3cc(Cl)ccc32)c1. The first kappa shape index (κ1) is 24.8. The van der Waals surface area contributed by atoms with E-state index in [0.29, 0.717) is 27.2 Å². The van der Waals surface area contributed by atoms with E-state index in [1.807, 2.05) is 4.72 Å². The highest BCUT2D eigenvalue weighted by Gasteiger charge is 2.28. The van der Waals surface area contributed by atoms with E-state index < -0.39 is 27.2 Å². The molecule has 0 saturated carbocycles. The summed E-state index contributed by atoms with van der Waals surface area (Å²) in [5.74, 6) is -0.431. The van der Waals surface area contributed by atoms with Gasteiger partial charge in [0.2, 0.25) is 10.0 Å². The first-order valence-corrected chi connectivity index (χ1v) is 14.0. The lowest BCUT2D eigenvalue weighted by atomic mass is 10.2. The average Bonchev–Trinajstić information content (AvgIpc) is 3.41. The van der Waals surface area contributed by atoms with E-state index in [9.17, 15) is 22.8 Å². The van der Waals surface area contributed by atoms with Gasteiger partial charge < -0.3 is 14.3 Å². The first-order chi connectivity index (χ1) is 17.6. The summed E-state index contributed by atoms with van der Waals surface area (Å²) >= 11 is 7.52. The van der Waals surface area contributed by atoms with Gasteiger partial charge in [-0.05, 0) is 35.9 Å². The van der Waals surface area contributed by atoms with E-state index in [4.69, 9.17) is 16.3 Å². The van der Waals surface area contributed by atoms with Crippen LogP contribution in [0.3, 0.4) is 0 Å². The Balaban J connectivity index is 1.90. The number of thiophene rings is 1. The van der Waals surface area contributed by atoms with Crippen LogP contribution in [0.1, 0.15) is 16.1 Å². The van der Waals surface area contributed by atoms with Crippen molar-refractivity contribution < 1.29 is 17.9 Å². The van der Waals surface area contributed by atoms with Crippen molar-refractivity contribution in [2.75, 3.05) is 13.4 Å². The number of aromatic nitrogens is 3. The summed E-state index contributed by atoms with van der Waals surface area (Å²) in [5.41, 5.74) is -0.193. The maximum atomic E-state index is 13.5. The Hall–Kier alpha value is -3.87.